The van der Waals surface area contributed by atoms with Crippen LogP contribution in [0, 0.1) is 0 Å². The monoisotopic (exact) mass is 441 g/mol. The molecule has 2 amide bonds. The molecule has 0 fully saturated rings. The van der Waals surface area contributed by atoms with Crippen LogP contribution < -0.4 is 5.32 Å². The Morgan fingerprint density at radius 2 is 1.76 bits per heavy atom. The third-order valence-corrected chi connectivity index (χ3v) is 5.50. The van der Waals surface area contributed by atoms with Gasteiger partial charge in [-0.25, -0.2) is 4.98 Å². The molecule has 0 radical (unpaired) electrons. The van der Waals surface area contributed by atoms with Crippen molar-refractivity contribution >= 4 is 22.8 Å². The van der Waals surface area contributed by atoms with Gasteiger partial charge in [-0.1, -0.05) is 42.5 Å². The Bertz CT molecular complexity index is 1240. The molecule has 0 aliphatic rings. The number of carbonyl (C=O) groups is 2. The van der Waals surface area contributed by atoms with Crippen LogP contribution in [-0.4, -0.2) is 37.3 Å². The van der Waals surface area contributed by atoms with Gasteiger partial charge in [0.1, 0.15) is 12.4 Å². The molecule has 0 saturated carbocycles. The maximum atomic E-state index is 13.4. The zero-order valence-electron chi connectivity index (χ0n) is 18.8. The van der Waals surface area contributed by atoms with E-state index in [-0.39, 0.29) is 30.9 Å². The third-order valence-electron chi connectivity index (χ3n) is 5.50. The van der Waals surface area contributed by atoms with E-state index in [2.05, 4.69) is 15.3 Å². The van der Waals surface area contributed by atoms with Crippen molar-refractivity contribution in [1.82, 2.24) is 24.8 Å². The van der Waals surface area contributed by atoms with Gasteiger partial charge >= 0.3 is 0 Å². The molecular weight excluding hydrogens is 414 g/mol. The van der Waals surface area contributed by atoms with Gasteiger partial charge in [-0.15, -0.1) is 0 Å². The van der Waals surface area contributed by atoms with Gasteiger partial charge in [-0.2, -0.15) is 0 Å². The van der Waals surface area contributed by atoms with E-state index in [0.717, 1.165) is 16.6 Å². The standard InChI is InChI=1S/C26H27N5O2/c1-19(2)30(17-20-9-4-3-5-10-20)25(32)18-31-23-13-7-6-12-22(23)29-24(31)16-28-26(33)21-11-8-14-27-15-21/h3-15,19H,16-18H2,1-2H3,(H,28,33). The zero-order chi connectivity index (χ0) is 23.2. The fraction of sp³-hybridized carbons (Fsp3) is 0.231. The minimum atomic E-state index is -0.235. The van der Waals surface area contributed by atoms with Crippen molar-refractivity contribution in [2.75, 3.05) is 0 Å². The quantitative estimate of drug-likeness (QED) is 0.451. The maximum absolute atomic E-state index is 13.4. The van der Waals surface area contributed by atoms with Gasteiger partial charge in [0.2, 0.25) is 5.91 Å². The average Bonchev–Trinajstić information content (AvgIpc) is 3.19. The van der Waals surface area contributed by atoms with Crippen LogP contribution in [0.15, 0.2) is 79.1 Å². The Morgan fingerprint density at radius 1 is 1.00 bits per heavy atom. The first kappa shape index (κ1) is 22.2. The number of carbonyl (C=O) groups excluding carboxylic acids is 2. The molecule has 0 saturated heterocycles. The number of aromatic nitrogens is 3. The predicted molar refractivity (Wildman–Crippen MR) is 127 cm³/mol. The van der Waals surface area contributed by atoms with E-state index in [1.165, 1.54) is 6.20 Å². The van der Waals surface area contributed by atoms with Crippen LogP contribution in [0.4, 0.5) is 0 Å². The van der Waals surface area contributed by atoms with Crippen molar-refractivity contribution in [3.8, 4) is 0 Å². The predicted octanol–water partition coefficient (Wildman–Crippen LogP) is 3.80. The second kappa shape index (κ2) is 10.1. The van der Waals surface area contributed by atoms with Crippen molar-refractivity contribution in [1.29, 1.82) is 0 Å². The molecule has 0 aliphatic heterocycles. The molecule has 33 heavy (non-hydrogen) atoms. The summed E-state index contributed by atoms with van der Waals surface area (Å²) in [6, 6.07) is 21.1. The van der Waals surface area contributed by atoms with Gasteiger partial charge in [0.25, 0.3) is 5.91 Å². The molecule has 0 aliphatic carbocycles. The van der Waals surface area contributed by atoms with Gasteiger partial charge < -0.3 is 14.8 Å². The van der Waals surface area contributed by atoms with Crippen LogP contribution in [0.2, 0.25) is 0 Å². The summed E-state index contributed by atoms with van der Waals surface area (Å²) in [5.74, 6) is 0.392. The molecule has 0 spiro atoms. The summed E-state index contributed by atoms with van der Waals surface area (Å²) in [6.07, 6.45) is 3.14. The number of para-hydroxylation sites is 2. The Hall–Kier alpha value is -4.00. The largest absolute Gasteiger partial charge is 0.345 e. The molecule has 2 aromatic heterocycles. The molecule has 2 heterocycles. The Kier molecular flexibility index (Phi) is 6.78. The van der Waals surface area contributed by atoms with E-state index >= 15 is 0 Å². The van der Waals surface area contributed by atoms with Crippen LogP contribution >= 0.6 is 0 Å². The van der Waals surface area contributed by atoms with Crippen LogP contribution in [0.5, 0.6) is 0 Å². The lowest BCUT2D eigenvalue weighted by molar-refractivity contribution is -0.134. The van der Waals surface area contributed by atoms with Gasteiger partial charge in [-0.05, 0) is 43.7 Å². The van der Waals surface area contributed by atoms with Crippen molar-refractivity contribution in [3.63, 3.8) is 0 Å². The number of rotatable bonds is 8. The van der Waals surface area contributed by atoms with E-state index in [9.17, 15) is 9.59 Å². The summed E-state index contributed by atoms with van der Waals surface area (Å²) >= 11 is 0. The number of imidazole rings is 1. The second-order valence-corrected chi connectivity index (χ2v) is 8.13. The highest BCUT2D eigenvalue weighted by Gasteiger charge is 2.21. The Morgan fingerprint density at radius 3 is 2.48 bits per heavy atom. The number of amides is 2. The van der Waals surface area contributed by atoms with E-state index in [1.807, 2.05) is 77.9 Å². The minimum absolute atomic E-state index is 0.00292. The zero-order valence-corrected chi connectivity index (χ0v) is 18.8. The first-order chi connectivity index (χ1) is 16.0. The number of benzene rings is 2. The van der Waals surface area contributed by atoms with Crippen LogP contribution in [0.3, 0.4) is 0 Å². The lowest BCUT2D eigenvalue weighted by atomic mass is 10.2. The number of pyridine rings is 1. The minimum Gasteiger partial charge on any atom is -0.345 e. The van der Waals surface area contributed by atoms with E-state index in [4.69, 9.17) is 0 Å². The van der Waals surface area contributed by atoms with Gasteiger partial charge in [0, 0.05) is 25.0 Å². The lowest BCUT2D eigenvalue weighted by Crippen LogP contribution is -2.39. The summed E-state index contributed by atoms with van der Waals surface area (Å²) in [7, 11) is 0. The van der Waals surface area contributed by atoms with E-state index in [0.29, 0.717) is 17.9 Å². The highest BCUT2D eigenvalue weighted by atomic mass is 16.2. The van der Waals surface area contributed by atoms with Crippen LogP contribution in [-0.2, 0) is 24.4 Å². The summed E-state index contributed by atoms with van der Waals surface area (Å²) in [4.78, 5) is 36.4. The summed E-state index contributed by atoms with van der Waals surface area (Å²) in [5.41, 5.74) is 3.21. The number of nitrogens with zero attached hydrogens (tertiary/aromatic N) is 4. The highest BCUT2D eigenvalue weighted by molar-refractivity contribution is 5.93. The number of hydrogen-bond donors (Lipinski definition) is 1. The summed E-state index contributed by atoms with van der Waals surface area (Å²) in [6.45, 7) is 4.92. The first-order valence-electron chi connectivity index (χ1n) is 11.0. The molecular formula is C26H27N5O2. The van der Waals surface area contributed by atoms with Gasteiger partial charge in [0.15, 0.2) is 0 Å². The SMILES string of the molecule is CC(C)N(Cc1ccccc1)C(=O)Cn1c(CNC(=O)c2cccnc2)nc2ccccc21. The van der Waals surface area contributed by atoms with E-state index < -0.39 is 0 Å². The number of nitrogens with one attached hydrogen (secondary N) is 1. The molecule has 7 heteroatoms. The average molecular weight is 442 g/mol. The molecule has 2 aromatic carbocycles. The molecule has 0 atom stereocenters. The summed E-state index contributed by atoms with van der Waals surface area (Å²) < 4.78 is 1.89. The molecule has 4 rings (SSSR count). The molecule has 0 unspecified atom stereocenters. The van der Waals surface area contributed by atoms with Crippen molar-refractivity contribution in [2.24, 2.45) is 0 Å². The topological polar surface area (TPSA) is 80.1 Å². The van der Waals surface area contributed by atoms with Gasteiger partial charge in [0.05, 0.1) is 23.1 Å². The lowest BCUT2D eigenvalue weighted by Gasteiger charge is -2.27. The fourth-order valence-electron chi connectivity index (χ4n) is 3.76. The molecule has 4 aromatic rings. The van der Waals surface area contributed by atoms with E-state index in [1.54, 1.807) is 18.3 Å². The van der Waals surface area contributed by atoms with Crippen molar-refractivity contribution in [3.05, 3.63) is 96.1 Å². The second-order valence-electron chi connectivity index (χ2n) is 8.13. The maximum Gasteiger partial charge on any atom is 0.253 e. The first-order valence-corrected chi connectivity index (χ1v) is 11.0. The molecule has 0 bridgehead atoms. The molecule has 7 nitrogen and oxygen atoms in total. The smallest absolute Gasteiger partial charge is 0.253 e. The van der Waals surface area contributed by atoms with Crippen LogP contribution in [0.25, 0.3) is 11.0 Å². The fourth-order valence-corrected chi connectivity index (χ4v) is 3.76. The Labute approximate surface area is 193 Å². The molecule has 1 N–H and O–H groups in total. The normalized spacial score (nSPS) is 11.0. The van der Waals surface area contributed by atoms with Crippen molar-refractivity contribution < 1.29 is 9.59 Å². The molecule has 168 valence electrons. The van der Waals surface area contributed by atoms with Crippen molar-refractivity contribution in [2.45, 2.75) is 39.5 Å². The number of hydrogen-bond acceptors (Lipinski definition) is 4. The Balaban J connectivity index is 1.56. The third kappa shape index (κ3) is 5.26. The number of fused-ring (bicyclic) bond motifs is 1. The van der Waals surface area contributed by atoms with Gasteiger partial charge in [-0.3, -0.25) is 14.6 Å². The highest BCUT2D eigenvalue weighted by Crippen LogP contribution is 2.18. The van der Waals surface area contributed by atoms with Crippen LogP contribution in [0.1, 0.15) is 35.6 Å². The summed E-state index contributed by atoms with van der Waals surface area (Å²) in [5, 5.41) is 2.89.